The summed E-state index contributed by atoms with van der Waals surface area (Å²) >= 11 is 0. The number of benzene rings is 1. The molecule has 104 valence electrons. The maximum Gasteiger partial charge on any atom is 0.242 e. The van der Waals surface area contributed by atoms with E-state index in [2.05, 4.69) is 19.9 Å². The maximum absolute atomic E-state index is 12.3. The number of aromatic nitrogens is 3. The molecule has 0 saturated carbocycles. The number of H-pyrrole nitrogens is 2. The maximum atomic E-state index is 12.3. The van der Waals surface area contributed by atoms with Crippen molar-refractivity contribution in [3.8, 4) is 0 Å². The molecular weight excluding hydrogens is 278 g/mol. The van der Waals surface area contributed by atoms with Crippen LogP contribution in [0.5, 0.6) is 0 Å². The average molecular weight is 291 g/mol. The van der Waals surface area contributed by atoms with Crippen molar-refractivity contribution in [1.82, 2.24) is 19.9 Å². The molecule has 0 saturated heterocycles. The Balaban J connectivity index is 1.94. The van der Waals surface area contributed by atoms with Gasteiger partial charge in [0, 0.05) is 41.1 Å². The van der Waals surface area contributed by atoms with Crippen LogP contribution in [0, 0.1) is 0 Å². The lowest BCUT2D eigenvalue weighted by Gasteiger charge is -2.04. The van der Waals surface area contributed by atoms with E-state index in [9.17, 15) is 8.42 Å². The van der Waals surface area contributed by atoms with Crippen molar-refractivity contribution < 1.29 is 8.42 Å². The monoisotopic (exact) mass is 291 g/mol. The number of nitrogens with two attached hydrogens (primary N) is 1. The summed E-state index contributed by atoms with van der Waals surface area (Å²) in [7, 11) is -3.61. The molecule has 3 rings (SSSR count). The predicted octanol–water partition coefficient (Wildman–Crippen LogP) is 0.952. The van der Waals surface area contributed by atoms with E-state index in [0.717, 1.165) is 11.1 Å². The lowest BCUT2D eigenvalue weighted by Crippen LogP contribution is -2.22. The van der Waals surface area contributed by atoms with E-state index in [1.165, 1.54) is 6.20 Å². The van der Waals surface area contributed by atoms with Crippen LogP contribution in [0.4, 0.5) is 5.69 Å². The fourth-order valence-electron chi connectivity index (χ4n) is 1.97. The number of anilines is 1. The summed E-state index contributed by atoms with van der Waals surface area (Å²) in [6.07, 6.45) is 4.66. The molecule has 5 N–H and O–H groups in total. The summed E-state index contributed by atoms with van der Waals surface area (Å²) in [6, 6.07) is 5.10. The molecule has 0 aliphatic carbocycles. The van der Waals surface area contributed by atoms with Crippen molar-refractivity contribution in [3.63, 3.8) is 0 Å². The van der Waals surface area contributed by atoms with Crippen LogP contribution in [0.2, 0.25) is 0 Å². The van der Waals surface area contributed by atoms with Gasteiger partial charge in [-0.15, -0.1) is 0 Å². The molecule has 0 atom stereocenters. The van der Waals surface area contributed by atoms with E-state index in [-0.39, 0.29) is 11.4 Å². The van der Waals surface area contributed by atoms with Crippen LogP contribution in [0.3, 0.4) is 0 Å². The Labute approximate surface area is 115 Å². The zero-order chi connectivity index (χ0) is 14.2. The molecule has 1 aromatic carbocycles. The van der Waals surface area contributed by atoms with Crippen molar-refractivity contribution in [2.75, 3.05) is 5.73 Å². The topological polar surface area (TPSA) is 117 Å². The molecule has 0 aliphatic heterocycles. The number of aromatic amines is 2. The van der Waals surface area contributed by atoms with Gasteiger partial charge in [-0.05, 0) is 18.2 Å². The summed E-state index contributed by atoms with van der Waals surface area (Å²) in [4.78, 5) is 3.11. The quantitative estimate of drug-likeness (QED) is 0.535. The van der Waals surface area contributed by atoms with Crippen molar-refractivity contribution in [3.05, 3.63) is 42.4 Å². The highest BCUT2D eigenvalue weighted by molar-refractivity contribution is 7.89. The van der Waals surface area contributed by atoms with Crippen LogP contribution in [0.25, 0.3) is 10.9 Å². The van der Waals surface area contributed by atoms with Crippen LogP contribution in [0.15, 0.2) is 41.7 Å². The summed E-state index contributed by atoms with van der Waals surface area (Å²) < 4.78 is 27.1. The molecule has 8 heteroatoms. The molecule has 2 heterocycles. The highest BCUT2D eigenvalue weighted by Gasteiger charge is 2.18. The van der Waals surface area contributed by atoms with Gasteiger partial charge in [-0.1, -0.05) is 0 Å². The van der Waals surface area contributed by atoms with Gasteiger partial charge < -0.3 is 10.7 Å². The first-order chi connectivity index (χ1) is 9.56. The SMILES string of the molecule is Nc1ccc2[nH]cc(S(=O)(=O)NCc3cn[nH]c3)c2c1. The third-order valence-electron chi connectivity index (χ3n) is 2.98. The highest BCUT2D eigenvalue weighted by atomic mass is 32.2. The molecule has 20 heavy (non-hydrogen) atoms. The number of sulfonamides is 1. The fraction of sp³-hybridized carbons (Fsp3) is 0.0833. The van der Waals surface area contributed by atoms with Gasteiger partial charge in [0.25, 0.3) is 0 Å². The Bertz CT molecular complexity index is 836. The average Bonchev–Trinajstić information content (AvgIpc) is 3.05. The van der Waals surface area contributed by atoms with E-state index >= 15 is 0 Å². The second-order valence-electron chi connectivity index (χ2n) is 4.39. The van der Waals surface area contributed by atoms with Gasteiger partial charge in [0.15, 0.2) is 0 Å². The second-order valence-corrected chi connectivity index (χ2v) is 6.12. The van der Waals surface area contributed by atoms with Gasteiger partial charge in [0.05, 0.1) is 6.20 Å². The summed E-state index contributed by atoms with van der Waals surface area (Å²) in [5.74, 6) is 0. The smallest absolute Gasteiger partial charge is 0.242 e. The summed E-state index contributed by atoms with van der Waals surface area (Å²) in [6.45, 7) is 0.174. The van der Waals surface area contributed by atoms with Crippen LogP contribution in [-0.4, -0.2) is 23.6 Å². The van der Waals surface area contributed by atoms with E-state index < -0.39 is 10.0 Å². The molecule has 0 aliphatic rings. The largest absolute Gasteiger partial charge is 0.399 e. The van der Waals surface area contributed by atoms with Gasteiger partial charge in [-0.3, -0.25) is 5.10 Å². The van der Waals surface area contributed by atoms with Gasteiger partial charge in [-0.25, -0.2) is 13.1 Å². The number of hydrogen-bond donors (Lipinski definition) is 4. The van der Waals surface area contributed by atoms with Gasteiger partial charge in [0.2, 0.25) is 10.0 Å². The standard InChI is InChI=1S/C12H13N5O2S/c13-9-1-2-11-10(3-9)12(7-14-11)20(18,19)17-6-8-4-15-16-5-8/h1-5,7,14,17H,6,13H2,(H,15,16). The Hall–Kier alpha value is -2.32. The van der Waals surface area contributed by atoms with E-state index in [1.54, 1.807) is 30.6 Å². The van der Waals surface area contributed by atoms with Crippen LogP contribution in [0.1, 0.15) is 5.56 Å². The minimum absolute atomic E-state index is 0.174. The first-order valence-corrected chi connectivity index (χ1v) is 7.38. The third-order valence-corrected chi connectivity index (χ3v) is 4.42. The Morgan fingerprint density at radius 1 is 1.30 bits per heavy atom. The minimum atomic E-state index is -3.61. The van der Waals surface area contributed by atoms with Crippen LogP contribution < -0.4 is 10.5 Å². The fourth-order valence-corrected chi connectivity index (χ4v) is 3.15. The van der Waals surface area contributed by atoms with Gasteiger partial charge in [-0.2, -0.15) is 5.10 Å². The number of nitrogen functional groups attached to an aromatic ring is 1. The molecule has 0 bridgehead atoms. The van der Waals surface area contributed by atoms with E-state index in [4.69, 9.17) is 5.73 Å². The summed E-state index contributed by atoms with van der Waals surface area (Å²) in [5, 5.41) is 6.97. The molecular formula is C12H13N5O2S. The number of rotatable bonds is 4. The lowest BCUT2D eigenvalue weighted by atomic mass is 10.2. The zero-order valence-corrected chi connectivity index (χ0v) is 11.2. The Morgan fingerprint density at radius 3 is 2.90 bits per heavy atom. The predicted molar refractivity (Wildman–Crippen MR) is 75.3 cm³/mol. The molecule has 0 spiro atoms. The first-order valence-electron chi connectivity index (χ1n) is 5.90. The highest BCUT2D eigenvalue weighted by Crippen LogP contribution is 2.24. The molecule has 2 aromatic heterocycles. The van der Waals surface area contributed by atoms with Gasteiger partial charge >= 0.3 is 0 Å². The summed E-state index contributed by atoms with van der Waals surface area (Å²) in [5.41, 5.74) is 7.70. The van der Waals surface area contributed by atoms with Crippen molar-refractivity contribution in [2.45, 2.75) is 11.4 Å². The number of nitrogens with zero attached hydrogens (tertiary/aromatic N) is 1. The lowest BCUT2D eigenvalue weighted by molar-refractivity contribution is 0.582. The molecule has 0 fully saturated rings. The van der Waals surface area contributed by atoms with Crippen molar-refractivity contribution in [2.24, 2.45) is 0 Å². The van der Waals surface area contributed by atoms with E-state index in [0.29, 0.717) is 11.1 Å². The normalized spacial score (nSPS) is 12.0. The molecule has 0 unspecified atom stereocenters. The van der Waals surface area contributed by atoms with Gasteiger partial charge in [0.1, 0.15) is 4.90 Å². The Morgan fingerprint density at radius 2 is 2.15 bits per heavy atom. The van der Waals surface area contributed by atoms with Crippen LogP contribution >= 0.6 is 0 Å². The molecule has 0 radical (unpaired) electrons. The minimum Gasteiger partial charge on any atom is -0.399 e. The Kier molecular flexibility index (Phi) is 2.96. The first kappa shape index (κ1) is 12.7. The van der Waals surface area contributed by atoms with Crippen LogP contribution in [-0.2, 0) is 16.6 Å². The molecule has 7 nitrogen and oxygen atoms in total. The molecule has 0 amide bonds. The second kappa shape index (κ2) is 4.66. The zero-order valence-electron chi connectivity index (χ0n) is 10.4. The van der Waals surface area contributed by atoms with Crippen molar-refractivity contribution in [1.29, 1.82) is 0 Å². The number of hydrogen-bond acceptors (Lipinski definition) is 4. The van der Waals surface area contributed by atoms with E-state index in [1.807, 2.05) is 0 Å². The molecule has 3 aromatic rings. The number of fused-ring (bicyclic) bond motifs is 1. The third kappa shape index (κ3) is 2.26. The van der Waals surface area contributed by atoms with Crippen molar-refractivity contribution >= 4 is 26.6 Å². The number of nitrogens with one attached hydrogen (secondary N) is 3.